The zero-order chi connectivity index (χ0) is 22.7. The second-order valence-electron chi connectivity index (χ2n) is 7.49. The first-order valence-corrected chi connectivity index (χ1v) is 10.1. The molecule has 1 saturated carbocycles. The molecule has 1 amide bonds. The Balaban J connectivity index is 0.00000306. The van der Waals surface area contributed by atoms with E-state index in [1.165, 1.54) is 12.5 Å². The van der Waals surface area contributed by atoms with E-state index in [-0.39, 0.29) is 41.8 Å². The Kier molecular flexibility index (Phi) is 7.83. The first-order valence-electron chi connectivity index (χ1n) is 10.1. The number of ether oxygens (including phenoxy) is 1. The lowest BCUT2D eigenvalue weighted by Crippen LogP contribution is -2.34. The van der Waals surface area contributed by atoms with Gasteiger partial charge in [0, 0.05) is 6.04 Å². The van der Waals surface area contributed by atoms with Crippen molar-refractivity contribution in [2.45, 2.75) is 37.8 Å². The second-order valence-corrected chi connectivity index (χ2v) is 7.49. The van der Waals surface area contributed by atoms with Gasteiger partial charge in [0.05, 0.1) is 11.8 Å². The van der Waals surface area contributed by atoms with Crippen molar-refractivity contribution in [2.24, 2.45) is 5.73 Å². The van der Waals surface area contributed by atoms with Gasteiger partial charge in [0.25, 0.3) is 5.91 Å². The van der Waals surface area contributed by atoms with Crippen LogP contribution in [0.2, 0.25) is 0 Å². The van der Waals surface area contributed by atoms with E-state index in [2.05, 4.69) is 20.3 Å². The Morgan fingerprint density at radius 2 is 1.85 bits per heavy atom. The zero-order valence-electron chi connectivity index (χ0n) is 17.3. The minimum absolute atomic E-state index is 0. The van der Waals surface area contributed by atoms with Crippen LogP contribution in [-0.4, -0.2) is 33.0 Å². The van der Waals surface area contributed by atoms with Crippen molar-refractivity contribution in [1.29, 1.82) is 0 Å². The number of nitrogens with one attached hydrogen (secondary N) is 1. The van der Waals surface area contributed by atoms with Crippen LogP contribution in [0.15, 0.2) is 42.9 Å². The smallest absolute Gasteiger partial charge is 0.274 e. The van der Waals surface area contributed by atoms with E-state index in [0.717, 1.165) is 49.6 Å². The highest BCUT2D eigenvalue weighted by Gasteiger charge is 2.24. The minimum atomic E-state index is -0.994. The molecule has 2 unspecified atom stereocenters. The monoisotopic (exact) mass is 479 g/mol. The molecule has 1 fully saturated rings. The molecule has 0 saturated heterocycles. The van der Waals surface area contributed by atoms with Gasteiger partial charge in [0.15, 0.2) is 0 Å². The third-order valence-electron chi connectivity index (χ3n) is 5.15. The maximum Gasteiger partial charge on any atom is 0.274 e. The van der Waals surface area contributed by atoms with Crippen molar-refractivity contribution in [2.75, 3.05) is 5.32 Å². The number of nitrogens with two attached hydrogens (primary N) is 1. The van der Waals surface area contributed by atoms with Crippen LogP contribution >= 0.6 is 12.4 Å². The number of hydrogen-bond acceptors (Lipinski definition) is 6. The molecule has 0 spiro atoms. The fraction of sp³-hybridized carbons (Fsp3) is 0.273. The normalized spacial score (nSPS) is 17.7. The largest absolute Gasteiger partial charge is 0.473 e. The number of anilines is 1. The molecule has 4 rings (SSSR count). The van der Waals surface area contributed by atoms with E-state index >= 15 is 0 Å². The summed E-state index contributed by atoms with van der Waals surface area (Å²) in [5, 5.41) is 2.56. The van der Waals surface area contributed by atoms with Crippen molar-refractivity contribution in [3.63, 3.8) is 0 Å². The molecule has 0 bridgehead atoms. The lowest BCUT2D eigenvalue weighted by Gasteiger charge is -2.27. The van der Waals surface area contributed by atoms with Crippen LogP contribution in [0, 0.1) is 17.5 Å². The number of carbonyl (C=O) groups is 1. The van der Waals surface area contributed by atoms with Gasteiger partial charge in [-0.1, -0.05) is 6.07 Å². The Hall–Kier alpha value is -3.24. The summed E-state index contributed by atoms with van der Waals surface area (Å²) in [6.45, 7) is 0. The number of benzene rings is 1. The van der Waals surface area contributed by atoms with Gasteiger partial charge in [-0.15, -0.1) is 12.4 Å². The first kappa shape index (κ1) is 24.4. The lowest BCUT2D eigenvalue weighted by molar-refractivity contribution is 0.101. The number of pyridine rings is 1. The molecule has 7 nitrogen and oxygen atoms in total. The van der Waals surface area contributed by atoms with Gasteiger partial charge in [0.1, 0.15) is 47.0 Å². The maximum atomic E-state index is 14.3. The molecule has 33 heavy (non-hydrogen) atoms. The minimum Gasteiger partial charge on any atom is -0.473 e. The van der Waals surface area contributed by atoms with Gasteiger partial charge < -0.3 is 15.8 Å². The molecule has 3 N–H and O–H groups in total. The zero-order valence-corrected chi connectivity index (χ0v) is 18.1. The predicted molar refractivity (Wildman–Crippen MR) is 118 cm³/mol. The number of hydrogen-bond donors (Lipinski definition) is 2. The molecular formula is C22H21ClF3N5O2. The van der Waals surface area contributed by atoms with Crippen molar-refractivity contribution in [3.8, 4) is 17.1 Å². The molecule has 2 atom stereocenters. The summed E-state index contributed by atoms with van der Waals surface area (Å²) >= 11 is 0. The van der Waals surface area contributed by atoms with Gasteiger partial charge in [-0.3, -0.25) is 4.79 Å². The van der Waals surface area contributed by atoms with Crippen LogP contribution in [0.4, 0.5) is 18.9 Å². The molecule has 1 aliphatic carbocycles. The van der Waals surface area contributed by atoms with Crippen molar-refractivity contribution in [1.82, 2.24) is 15.0 Å². The SMILES string of the molecule is Cl.NC1CCCC(Oc2ncncc2NC(=O)c2ccc(F)c(-c3c(F)cccc3F)n2)C1. The lowest BCUT2D eigenvalue weighted by atomic mass is 9.94. The third kappa shape index (κ3) is 5.58. The predicted octanol–water partition coefficient (Wildman–Crippen LogP) is 4.28. The second kappa shape index (κ2) is 10.6. The summed E-state index contributed by atoms with van der Waals surface area (Å²) in [5.74, 6) is -3.54. The topological polar surface area (TPSA) is 103 Å². The number of aromatic nitrogens is 3. The van der Waals surface area contributed by atoms with Gasteiger partial charge in [-0.2, -0.15) is 4.98 Å². The number of halogens is 4. The highest BCUT2D eigenvalue weighted by Crippen LogP contribution is 2.29. The summed E-state index contributed by atoms with van der Waals surface area (Å²) < 4.78 is 48.4. The summed E-state index contributed by atoms with van der Waals surface area (Å²) in [4.78, 5) is 24.6. The van der Waals surface area contributed by atoms with Crippen molar-refractivity contribution in [3.05, 3.63) is 66.0 Å². The molecule has 174 valence electrons. The Morgan fingerprint density at radius 3 is 2.58 bits per heavy atom. The molecular weight excluding hydrogens is 459 g/mol. The highest BCUT2D eigenvalue weighted by molar-refractivity contribution is 6.03. The van der Waals surface area contributed by atoms with E-state index in [0.29, 0.717) is 6.42 Å². The summed E-state index contributed by atoms with van der Waals surface area (Å²) in [7, 11) is 0. The van der Waals surface area contributed by atoms with Gasteiger partial charge in [0.2, 0.25) is 5.88 Å². The molecule has 11 heteroatoms. The number of carbonyl (C=O) groups excluding carboxylic acids is 1. The first-order chi connectivity index (χ1) is 15.4. The fourth-order valence-corrected chi connectivity index (χ4v) is 3.60. The van der Waals surface area contributed by atoms with Crippen LogP contribution in [0.5, 0.6) is 5.88 Å². The Morgan fingerprint density at radius 1 is 1.09 bits per heavy atom. The molecule has 0 aliphatic heterocycles. The number of amides is 1. The summed E-state index contributed by atoms with van der Waals surface area (Å²) in [6.07, 6.45) is 5.80. The quantitative estimate of drug-likeness (QED) is 0.566. The summed E-state index contributed by atoms with van der Waals surface area (Å²) in [5.41, 5.74) is 4.67. The summed E-state index contributed by atoms with van der Waals surface area (Å²) in [6, 6.07) is 5.18. The van der Waals surface area contributed by atoms with E-state index < -0.39 is 34.6 Å². The van der Waals surface area contributed by atoms with Crippen LogP contribution in [0.3, 0.4) is 0 Å². The van der Waals surface area contributed by atoms with Crippen LogP contribution in [0.25, 0.3) is 11.3 Å². The molecule has 3 aromatic rings. The number of nitrogens with zero attached hydrogens (tertiary/aromatic N) is 3. The third-order valence-corrected chi connectivity index (χ3v) is 5.15. The molecule has 2 heterocycles. The van der Waals surface area contributed by atoms with Crippen LogP contribution in [0.1, 0.15) is 36.2 Å². The Labute approximate surface area is 194 Å². The Bertz CT molecular complexity index is 1130. The highest BCUT2D eigenvalue weighted by atomic mass is 35.5. The maximum absolute atomic E-state index is 14.3. The number of rotatable bonds is 5. The van der Waals surface area contributed by atoms with Crippen LogP contribution < -0.4 is 15.8 Å². The van der Waals surface area contributed by atoms with Crippen molar-refractivity contribution >= 4 is 24.0 Å². The van der Waals surface area contributed by atoms with E-state index in [1.54, 1.807) is 0 Å². The van der Waals surface area contributed by atoms with E-state index in [4.69, 9.17) is 10.5 Å². The van der Waals surface area contributed by atoms with Gasteiger partial charge in [-0.25, -0.2) is 23.1 Å². The molecule has 2 aromatic heterocycles. The van der Waals surface area contributed by atoms with E-state index in [9.17, 15) is 18.0 Å². The average molecular weight is 480 g/mol. The molecule has 0 radical (unpaired) electrons. The van der Waals surface area contributed by atoms with Crippen LogP contribution in [-0.2, 0) is 0 Å². The standard InChI is InChI=1S/C22H20F3N5O2.ClH/c23-14-5-2-6-15(24)19(14)20-16(25)7-8-17(29-20)21(31)30-18-10-27-11-28-22(18)32-13-4-1-3-12(26)9-13;/h2,5-8,10-13H,1,3-4,9,26H2,(H,30,31);1H. The molecule has 1 aromatic carbocycles. The fourth-order valence-electron chi connectivity index (χ4n) is 3.60. The van der Waals surface area contributed by atoms with Crippen molar-refractivity contribution < 1.29 is 22.7 Å². The van der Waals surface area contributed by atoms with Gasteiger partial charge in [-0.05, 0) is 49.9 Å². The van der Waals surface area contributed by atoms with Gasteiger partial charge >= 0.3 is 0 Å². The van der Waals surface area contributed by atoms with E-state index in [1.807, 2.05) is 0 Å². The molecule has 1 aliphatic rings. The average Bonchev–Trinajstić information content (AvgIpc) is 2.76.